The van der Waals surface area contributed by atoms with Crippen LogP contribution in [0.2, 0.25) is 0 Å². The summed E-state index contributed by atoms with van der Waals surface area (Å²) in [6, 6.07) is 17.7. The Labute approximate surface area is 201 Å². The number of aromatic nitrogens is 4. The van der Waals surface area contributed by atoms with Crippen LogP contribution in [0.5, 0.6) is 5.75 Å². The molecule has 0 aliphatic carbocycles. The van der Waals surface area contributed by atoms with E-state index in [-0.39, 0.29) is 16.3 Å². The van der Waals surface area contributed by atoms with Gasteiger partial charge in [0.15, 0.2) is 0 Å². The molecule has 0 atom stereocenters. The highest BCUT2D eigenvalue weighted by molar-refractivity contribution is 7.89. The Morgan fingerprint density at radius 3 is 2.60 bits per heavy atom. The van der Waals surface area contributed by atoms with Crippen molar-refractivity contribution in [2.24, 2.45) is 5.14 Å². The fourth-order valence-corrected chi connectivity index (χ4v) is 4.47. The third kappa shape index (κ3) is 4.53. The number of imidazole rings is 1. The van der Waals surface area contributed by atoms with Crippen LogP contribution in [0, 0.1) is 0 Å². The number of ether oxygens (including phenoxy) is 1. The van der Waals surface area contributed by atoms with Gasteiger partial charge in [0.1, 0.15) is 11.6 Å². The van der Waals surface area contributed by atoms with E-state index < -0.39 is 10.0 Å². The first-order valence-corrected chi connectivity index (χ1v) is 12.6. The van der Waals surface area contributed by atoms with Gasteiger partial charge in [0.2, 0.25) is 10.0 Å². The van der Waals surface area contributed by atoms with Crippen molar-refractivity contribution in [2.45, 2.75) is 24.8 Å². The summed E-state index contributed by atoms with van der Waals surface area (Å²) in [5.41, 5.74) is 3.02. The van der Waals surface area contributed by atoms with Crippen molar-refractivity contribution in [3.63, 3.8) is 0 Å². The molecule has 0 saturated heterocycles. The minimum atomic E-state index is -3.96. The van der Waals surface area contributed by atoms with E-state index in [1.807, 2.05) is 41.8 Å². The van der Waals surface area contributed by atoms with E-state index in [1.165, 1.54) is 18.2 Å². The average molecular weight is 490 g/mol. The molecule has 2 aromatic heterocycles. The SMILES string of the molecule is CCCOc1ccc(S(N)(=O)=O)cc1-c1nc2cc3ncn(Cc4ccccc4)c3cc2c(=O)[nH]1. The maximum absolute atomic E-state index is 13.1. The second kappa shape index (κ2) is 8.97. The normalized spacial score (nSPS) is 11.8. The van der Waals surface area contributed by atoms with E-state index >= 15 is 0 Å². The van der Waals surface area contributed by atoms with Crippen molar-refractivity contribution in [1.82, 2.24) is 19.5 Å². The molecule has 2 heterocycles. The second-order valence-corrected chi connectivity index (χ2v) is 9.74. The number of hydrogen-bond acceptors (Lipinski definition) is 6. The maximum Gasteiger partial charge on any atom is 0.259 e. The molecule has 10 heteroatoms. The van der Waals surface area contributed by atoms with Gasteiger partial charge < -0.3 is 14.3 Å². The van der Waals surface area contributed by atoms with Gasteiger partial charge in [0.05, 0.1) is 45.3 Å². The number of fused-ring (bicyclic) bond motifs is 2. The first-order chi connectivity index (χ1) is 16.8. The fourth-order valence-electron chi connectivity index (χ4n) is 3.93. The van der Waals surface area contributed by atoms with Crippen molar-refractivity contribution in [2.75, 3.05) is 6.61 Å². The molecule has 0 spiro atoms. The van der Waals surface area contributed by atoms with Gasteiger partial charge in [-0.1, -0.05) is 37.3 Å². The largest absolute Gasteiger partial charge is 0.493 e. The van der Waals surface area contributed by atoms with Crippen molar-refractivity contribution in [3.05, 3.63) is 82.9 Å². The number of nitrogens with one attached hydrogen (secondary N) is 1. The maximum atomic E-state index is 13.1. The molecular weight excluding hydrogens is 466 g/mol. The summed E-state index contributed by atoms with van der Waals surface area (Å²) in [5.74, 6) is 0.581. The summed E-state index contributed by atoms with van der Waals surface area (Å²) in [4.78, 5) is 24.9. The van der Waals surface area contributed by atoms with Gasteiger partial charge in [-0.3, -0.25) is 4.79 Å². The predicted octanol–water partition coefficient (Wildman–Crippen LogP) is 3.42. The third-order valence-electron chi connectivity index (χ3n) is 5.64. The lowest BCUT2D eigenvalue weighted by molar-refractivity contribution is 0.318. The van der Waals surface area contributed by atoms with Crippen molar-refractivity contribution in [3.8, 4) is 17.1 Å². The zero-order chi connectivity index (χ0) is 24.6. The molecule has 0 aliphatic rings. The molecule has 0 amide bonds. The zero-order valence-electron chi connectivity index (χ0n) is 18.9. The third-order valence-corrected chi connectivity index (χ3v) is 6.55. The first kappa shape index (κ1) is 22.8. The quantitative estimate of drug-likeness (QED) is 0.360. The second-order valence-electron chi connectivity index (χ2n) is 8.18. The number of H-pyrrole nitrogens is 1. The molecule has 5 rings (SSSR count). The number of hydrogen-bond donors (Lipinski definition) is 2. The number of benzene rings is 3. The van der Waals surface area contributed by atoms with Crippen molar-refractivity contribution in [1.29, 1.82) is 0 Å². The molecule has 5 aromatic rings. The van der Waals surface area contributed by atoms with Gasteiger partial charge in [-0.15, -0.1) is 0 Å². The average Bonchev–Trinajstić information content (AvgIpc) is 3.23. The van der Waals surface area contributed by atoms with Crippen LogP contribution in [0.25, 0.3) is 33.3 Å². The molecule has 3 N–H and O–H groups in total. The van der Waals surface area contributed by atoms with Crippen LogP contribution in [0.15, 0.2) is 76.7 Å². The molecule has 0 radical (unpaired) electrons. The molecule has 0 saturated carbocycles. The number of primary sulfonamides is 1. The van der Waals surface area contributed by atoms with Gasteiger partial charge in [-0.25, -0.2) is 23.5 Å². The van der Waals surface area contributed by atoms with Gasteiger partial charge >= 0.3 is 0 Å². The fraction of sp³-hybridized carbons (Fsp3) is 0.160. The number of nitrogens with zero attached hydrogens (tertiary/aromatic N) is 3. The van der Waals surface area contributed by atoms with E-state index in [1.54, 1.807) is 18.5 Å². The molecule has 0 unspecified atom stereocenters. The van der Waals surface area contributed by atoms with Gasteiger partial charge in [0.25, 0.3) is 5.56 Å². The summed E-state index contributed by atoms with van der Waals surface area (Å²) in [5, 5.41) is 5.72. The highest BCUT2D eigenvalue weighted by Gasteiger charge is 2.17. The lowest BCUT2D eigenvalue weighted by atomic mass is 10.1. The Bertz CT molecular complexity index is 1710. The Kier molecular flexibility index (Phi) is 5.83. The Morgan fingerprint density at radius 2 is 1.86 bits per heavy atom. The smallest absolute Gasteiger partial charge is 0.259 e. The van der Waals surface area contributed by atoms with Gasteiger partial charge in [0, 0.05) is 6.54 Å². The number of rotatable bonds is 7. The lowest BCUT2D eigenvalue weighted by Crippen LogP contribution is -2.14. The molecule has 0 bridgehead atoms. The highest BCUT2D eigenvalue weighted by atomic mass is 32.2. The molecule has 0 aliphatic heterocycles. The molecule has 9 nitrogen and oxygen atoms in total. The van der Waals surface area contributed by atoms with Crippen LogP contribution < -0.4 is 15.4 Å². The van der Waals surface area contributed by atoms with Gasteiger partial charge in [-0.2, -0.15) is 0 Å². The van der Waals surface area contributed by atoms with Gasteiger partial charge in [-0.05, 0) is 42.3 Å². The summed E-state index contributed by atoms with van der Waals surface area (Å²) < 4.78 is 31.6. The molecule has 178 valence electrons. The predicted molar refractivity (Wildman–Crippen MR) is 134 cm³/mol. The summed E-state index contributed by atoms with van der Waals surface area (Å²) in [7, 11) is -3.96. The van der Waals surface area contributed by atoms with Crippen LogP contribution in [0.1, 0.15) is 18.9 Å². The van der Waals surface area contributed by atoms with E-state index in [2.05, 4.69) is 15.0 Å². The Morgan fingerprint density at radius 1 is 1.06 bits per heavy atom. The minimum Gasteiger partial charge on any atom is -0.493 e. The summed E-state index contributed by atoms with van der Waals surface area (Å²) >= 11 is 0. The standard InChI is InChI=1S/C25H23N5O4S/c1-2-10-34-23-9-8-17(35(26,32)33)11-19(23)24-28-20-13-21-22(12-18(20)25(31)29-24)30(15-27-21)14-16-6-4-3-5-7-16/h3-9,11-13,15H,2,10,14H2,1H3,(H2,26,32,33)(H,28,29,31). The van der Waals surface area contributed by atoms with E-state index in [9.17, 15) is 13.2 Å². The first-order valence-electron chi connectivity index (χ1n) is 11.1. The number of nitrogens with two attached hydrogens (primary N) is 1. The molecule has 35 heavy (non-hydrogen) atoms. The van der Waals surface area contributed by atoms with Crippen molar-refractivity contribution < 1.29 is 13.2 Å². The zero-order valence-corrected chi connectivity index (χ0v) is 19.7. The van der Waals surface area contributed by atoms with E-state index in [0.29, 0.717) is 40.9 Å². The summed E-state index contributed by atoms with van der Waals surface area (Å²) in [6.07, 6.45) is 2.49. The van der Waals surface area contributed by atoms with Crippen LogP contribution in [0.3, 0.4) is 0 Å². The van der Waals surface area contributed by atoms with Crippen molar-refractivity contribution >= 4 is 32.0 Å². The Hall–Kier alpha value is -4.02. The lowest BCUT2D eigenvalue weighted by Gasteiger charge is -2.12. The minimum absolute atomic E-state index is 0.103. The van der Waals surface area contributed by atoms with Crippen LogP contribution in [-0.2, 0) is 16.6 Å². The number of sulfonamides is 1. The number of aromatic amines is 1. The van der Waals surface area contributed by atoms with Crippen LogP contribution in [-0.4, -0.2) is 34.5 Å². The summed E-state index contributed by atoms with van der Waals surface area (Å²) in [6.45, 7) is 2.99. The molecular formula is C25H23N5O4S. The van der Waals surface area contributed by atoms with Crippen LogP contribution >= 0.6 is 0 Å². The van der Waals surface area contributed by atoms with Crippen LogP contribution in [0.4, 0.5) is 0 Å². The molecule has 0 fully saturated rings. The van der Waals surface area contributed by atoms with E-state index in [4.69, 9.17) is 9.88 Å². The topological polar surface area (TPSA) is 133 Å². The Balaban J connectivity index is 1.64. The molecule has 3 aromatic carbocycles. The highest BCUT2D eigenvalue weighted by Crippen LogP contribution is 2.31. The monoisotopic (exact) mass is 489 g/mol. The van der Waals surface area contributed by atoms with E-state index in [0.717, 1.165) is 17.5 Å².